The van der Waals surface area contributed by atoms with E-state index in [0.29, 0.717) is 43.7 Å². The molecule has 0 aromatic carbocycles. The molecule has 282 valence electrons. The van der Waals surface area contributed by atoms with Crippen molar-refractivity contribution in [2.75, 3.05) is 40.5 Å². The summed E-state index contributed by atoms with van der Waals surface area (Å²) >= 11 is 0. The lowest BCUT2D eigenvalue weighted by Crippen LogP contribution is -2.58. The number of nitrogens with one attached hydrogen (secondary N) is 5. The molecular formula is C39H61N7O5. The van der Waals surface area contributed by atoms with E-state index >= 15 is 0 Å². The largest absolute Gasteiger partial charge is 0.463 e. The van der Waals surface area contributed by atoms with Gasteiger partial charge in [0.05, 0.1) is 12.8 Å². The van der Waals surface area contributed by atoms with Crippen molar-refractivity contribution >= 4 is 23.5 Å². The molecule has 10 atom stereocenters. The van der Waals surface area contributed by atoms with Crippen molar-refractivity contribution in [3.63, 3.8) is 0 Å². The number of epoxide rings is 1. The summed E-state index contributed by atoms with van der Waals surface area (Å²) in [5.41, 5.74) is 5.20. The summed E-state index contributed by atoms with van der Waals surface area (Å²) in [5.74, 6) is -0.732. The van der Waals surface area contributed by atoms with Crippen LogP contribution in [-0.2, 0) is 23.9 Å². The Morgan fingerprint density at radius 2 is 1.94 bits per heavy atom. The van der Waals surface area contributed by atoms with Gasteiger partial charge in [-0.2, -0.15) is 0 Å². The van der Waals surface area contributed by atoms with Crippen LogP contribution in [0.25, 0.3) is 0 Å². The van der Waals surface area contributed by atoms with Crippen LogP contribution in [0.1, 0.15) is 84.5 Å². The minimum atomic E-state index is -1.87. The molecule has 2 saturated carbocycles. The summed E-state index contributed by atoms with van der Waals surface area (Å²) in [5, 5.41) is 17.2. The molecule has 0 amide bonds. The molecule has 2 heterocycles. The summed E-state index contributed by atoms with van der Waals surface area (Å²) in [7, 11) is 3.59. The first kappa shape index (κ1) is 37.8. The number of Topliss-reactive ketones (excluding diaryl/α,β-unsaturated/α-hetero) is 2. The van der Waals surface area contributed by atoms with Gasteiger partial charge in [0.1, 0.15) is 0 Å². The standard InChI is InChI=1S/C39H61N7O5/c1-5-43-31-20-26-11-7-6-10-25(26)19-28(31)22-50-36(49)39-35(48)30-13-9-8-12-29(30)34(47)38(39,51-39)16-14-24(2)18-32(46-37(40)42-4)27-15-17-44-33(21-27)45-23-41-3/h7,11,14,20,25,27-33,41,43-45H,5-6,8-10,12-13,15-19,21-23H2,1-4H3,(H3,40,42,46)/t25-,27?,28-,29?,30?,31-,32+,33?,38-,39-/m0/s1. The number of hydrogen-bond donors (Lipinski definition) is 6. The van der Waals surface area contributed by atoms with Gasteiger partial charge >= 0.3 is 5.97 Å². The Morgan fingerprint density at radius 1 is 1.16 bits per heavy atom. The fraction of sp³-hybridized carbons (Fsp3) is 0.744. The van der Waals surface area contributed by atoms with Gasteiger partial charge in [0.2, 0.25) is 0 Å². The SMILES string of the molecule is CCN[C@H]1C=C2C=CCC[C@H]2C[C@H]1COC(=O)[C@]12O[C@@]1(CC=C(C)C[C@@H](NC(N)=NC)C1CCNC(NCNC)C1)C(=O)C1CCCCC1C2=O. The van der Waals surface area contributed by atoms with Crippen molar-refractivity contribution in [2.24, 2.45) is 40.3 Å². The smallest absolute Gasteiger partial charge is 0.350 e. The van der Waals surface area contributed by atoms with Crippen LogP contribution >= 0.6 is 0 Å². The molecule has 2 aliphatic heterocycles. The number of guanidine groups is 1. The second-order valence-electron chi connectivity index (χ2n) is 15.7. The average Bonchev–Trinajstić information content (AvgIpc) is 3.86. The van der Waals surface area contributed by atoms with Gasteiger partial charge in [0, 0.05) is 50.0 Å². The lowest BCUT2D eigenvalue weighted by Gasteiger charge is -2.38. The summed E-state index contributed by atoms with van der Waals surface area (Å²) in [6.45, 7) is 6.67. The number of rotatable bonds is 14. The Hall–Kier alpha value is -2.90. The number of ketones is 2. The van der Waals surface area contributed by atoms with Gasteiger partial charge in [-0.25, -0.2) is 4.79 Å². The molecular weight excluding hydrogens is 646 g/mol. The molecule has 6 aliphatic rings. The zero-order chi connectivity index (χ0) is 36.2. The fourth-order valence-corrected chi connectivity index (χ4v) is 9.69. The highest BCUT2D eigenvalue weighted by atomic mass is 16.7. The molecule has 4 aliphatic carbocycles. The van der Waals surface area contributed by atoms with Crippen molar-refractivity contribution in [2.45, 2.75) is 114 Å². The van der Waals surface area contributed by atoms with Crippen LogP contribution in [0.5, 0.6) is 0 Å². The molecule has 51 heavy (non-hydrogen) atoms. The number of aliphatic imine (C=N–C) groups is 1. The van der Waals surface area contributed by atoms with Crippen molar-refractivity contribution < 1.29 is 23.9 Å². The molecule has 0 bridgehead atoms. The van der Waals surface area contributed by atoms with Crippen molar-refractivity contribution in [3.05, 3.63) is 35.5 Å². The zero-order valence-corrected chi connectivity index (χ0v) is 31.1. The Morgan fingerprint density at radius 3 is 2.69 bits per heavy atom. The normalized spacial score (nSPS) is 37.1. The Bertz CT molecular complexity index is 1430. The van der Waals surface area contributed by atoms with Crippen molar-refractivity contribution in [3.8, 4) is 0 Å². The van der Waals surface area contributed by atoms with Gasteiger partial charge in [-0.05, 0) is 95.8 Å². The number of carbonyl (C=O) groups excluding carboxylic acids is 3. The second kappa shape index (κ2) is 16.4. The van der Waals surface area contributed by atoms with Gasteiger partial charge in [-0.1, -0.05) is 49.6 Å². The highest BCUT2D eigenvalue weighted by molar-refractivity contribution is 6.23. The van der Waals surface area contributed by atoms with Crippen LogP contribution in [0, 0.1) is 29.6 Å². The number of allylic oxidation sites excluding steroid dienone is 3. The molecule has 0 aromatic heterocycles. The third-order valence-corrected chi connectivity index (χ3v) is 12.5. The van der Waals surface area contributed by atoms with Crippen LogP contribution < -0.4 is 32.3 Å². The molecule has 12 nitrogen and oxygen atoms in total. The number of nitrogens with zero attached hydrogens (tertiary/aromatic N) is 1. The summed E-state index contributed by atoms with van der Waals surface area (Å²) < 4.78 is 12.4. The number of fused-ring (bicyclic) bond motifs is 3. The monoisotopic (exact) mass is 707 g/mol. The molecule has 12 heteroatoms. The molecule has 7 N–H and O–H groups in total. The molecule has 0 aromatic rings. The first-order valence-electron chi connectivity index (χ1n) is 19.5. The van der Waals surface area contributed by atoms with E-state index in [2.05, 4.69) is 56.7 Å². The van der Waals surface area contributed by atoms with Crippen molar-refractivity contribution in [1.82, 2.24) is 26.6 Å². The van der Waals surface area contributed by atoms with E-state index < -0.39 is 29.0 Å². The quantitative estimate of drug-likeness (QED) is 0.0298. The van der Waals surface area contributed by atoms with E-state index in [-0.39, 0.29) is 48.8 Å². The van der Waals surface area contributed by atoms with Crippen LogP contribution in [0.3, 0.4) is 0 Å². The van der Waals surface area contributed by atoms with Crippen LogP contribution in [0.15, 0.2) is 40.4 Å². The average molecular weight is 708 g/mol. The zero-order valence-electron chi connectivity index (χ0n) is 31.1. The lowest BCUT2D eigenvalue weighted by molar-refractivity contribution is -0.160. The first-order chi connectivity index (χ1) is 24.7. The number of hydrogen-bond acceptors (Lipinski definition) is 10. The fourth-order valence-electron chi connectivity index (χ4n) is 9.69. The lowest BCUT2D eigenvalue weighted by atomic mass is 9.61. The van der Waals surface area contributed by atoms with E-state index in [1.807, 2.05) is 20.0 Å². The molecule has 0 radical (unpaired) electrons. The summed E-state index contributed by atoms with van der Waals surface area (Å²) in [4.78, 5) is 47.1. The van der Waals surface area contributed by atoms with Crippen LogP contribution in [-0.4, -0.2) is 93.4 Å². The number of ether oxygens (including phenoxy) is 2. The van der Waals surface area contributed by atoms with E-state index in [1.165, 1.54) is 5.57 Å². The highest BCUT2D eigenvalue weighted by Gasteiger charge is 2.86. The van der Waals surface area contributed by atoms with E-state index in [4.69, 9.17) is 15.2 Å². The Balaban J connectivity index is 1.20. The Kier molecular flexibility index (Phi) is 12.2. The number of nitrogens with two attached hydrogens (primary N) is 1. The molecule has 2 saturated heterocycles. The van der Waals surface area contributed by atoms with Gasteiger partial charge in [-0.15, -0.1) is 0 Å². The van der Waals surface area contributed by atoms with E-state index in [9.17, 15) is 14.4 Å². The summed E-state index contributed by atoms with van der Waals surface area (Å²) in [6.07, 6.45) is 17.7. The maximum atomic E-state index is 14.4. The van der Waals surface area contributed by atoms with Gasteiger partial charge in [-0.3, -0.25) is 19.9 Å². The van der Waals surface area contributed by atoms with Gasteiger partial charge in [0.15, 0.2) is 23.1 Å². The molecule has 0 spiro atoms. The van der Waals surface area contributed by atoms with Crippen molar-refractivity contribution in [1.29, 1.82) is 0 Å². The number of carbonyl (C=O) groups is 3. The minimum absolute atomic E-state index is 0.0130. The maximum Gasteiger partial charge on any atom is 0.350 e. The van der Waals surface area contributed by atoms with Gasteiger partial charge in [0.25, 0.3) is 5.60 Å². The predicted octanol–water partition coefficient (Wildman–Crippen LogP) is 2.61. The molecule has 4 fully saturated rings. The summed E-state index contributed by atoms with van der Waals surface area (Å²) in [6, 6.07) is 0.0814. The second-order valence-corrected chi connectivity index (χ2v) is 15.7. The van der Waals surface area contributed by atoms with E-state index in [0.717, 1.165) is 63.6 Å². The number of likely N-dealkylation sites (N-methyl/N-ethyl adjacent to an activating group) is 1. The number of esters is 1. The van der Waals surface area contributed by atoms with Crippen LogP contribution in [0.2, 0.25) is 0 Å². The predicted molar refractivity (Wildman–Crippen MR) is 198 cm³/mol. The highest BCUT2D eigenvalue weighted by Crippen LogP contribution is 2.61. The van der Waals surface area contributed by atoms with E-state index in [1.54, 1.807) is 7.05 Å². The topological polar surface area (TPSA) is 171 Å². The molecule has 6 rings (SSSR count). The third-order valence-electron chi connectivity index (χ3n) is 12.5. The minimum Gasteiger partial charge on any atom is -0.463 e. The third kappa shape index (κ3) is 7.62. The first-order valence-corrected chi connectivity index (χ1v) is 19.5. The van der Waals surface area contributed by atoms with Crippen LogP contribution in [0.4, 0.5) is 0 Å². The van der Waals surface area contributed by atoms with Gasteiger partial charge < -0.3 is 36.5 Å². The molecule has 4 unspecified atom stereocenters. The Labute approximate surface area is 303 Å². The number of piperidine rings is 1. The maximum absolute atomic E-state index is 14.4.